The molecule has 0 aliphatic rings. The maximum Gasteiger partial charge on any atom is 0.150 e. The average Bonchev–Trinajstić information content (AvgIpc) is 2.72. The number of aryl methyl sites for hydroxylation is 1. The van der Waals surface area contributed by atoms with Crippen molar-refractivity contribution in [2.45, 2.75) is 6.92 Å². The normalized spacial score (nSPS) is 11.0. The van der Waals surface area contributed by atoms with Gasteiger partial charge in [-0.05, 0) is 17.9 Å². The van der Waals surface area contributed by atoms with Crippen molar-refractivity contribution in [2.24, 2.45) is 0 Å². The molecule has 0 amide bonds. The summed E-state index contributed by atoms with van der Waals surface area (Å²) in [7, 11) is 1.98. The van der Waals surface area contributed by atoms with Crippen molar-refractivity contribution in [1.29, 1.82) is 0 Å². The van der Waals surface area contributed by atoms with Gasteiger partial charge in [-0.25, -0.2) is 9.50 Å². The van der Waals surface area contributed by atoms with Crippen molar-refractivity contribution >= 4 is 30.6 Å². The highest BCUT2D eigenvalue weighted by molar-refractivity contribution is 6.36. The highest BCUT2D eigenvalue weighted by Gasteiger charge is 2.10. The van der Waals surface area contributed by atoms with Crippen LogP contribution in [-0.2, 0) is 0 Å². The zero-order chi connectivity index (χ0) is 12.7. The molecule has 0 fully saturated rings. The third kappa shape index (κ3) is 1.69. The van der Waals surface area contributed by atoms with Gasteiger partial charge in [0.25, 0.3) is 0 Å². The van der Waals surface area contributed by atoms with Crippen LogP contribution in [0.5, 0.6) is 0 Å². The maximum absolute atomic E-state index is 6.24. The Morgan fingerprint density at radius 2 is 2.06 bits per heavy atom. The molecule has 0 N–H and O–H groups in total. The van der Waals surface area contributed by atoms with E-state index in [0.717, 1.165) is 22.4 Å². The summed E-state index contributed by atoms with van der Waals surface area (Å²) < 4.78 is 1.65. The molecule has 0 atom stereocenters. The van der Waals surface area contributed by atoms with Crippen LogP contribution in [0.1, 0.15) is 5.56 Å². The van der Waals surface area contributed by atoms with Crippen molar-refractivity contribution in [3.05, 3.63) is 47.2 Å². The molecule has 0 spiro atoms. The molecule has 0 saturated carbocycles. The van der Waals surface area contributed by atoms with Crippen LogP contribution in [0, 0.1) is 6.92 Å². The first kappa shape index (κ1) is 11.3. The molecule has 88 valence electrons. The van der Waals surface area contributed by atoms with E-state index in [1.54, 1.807) is 10.7 Å². The minimum atomic E-state index is 0.575. The number of rotatable bonds is 1. The summed E-state index contributed by atoms with van der Waals surface area (Å²) in [4.78, 5) is 4.64. The third-order valence-corrected chi connectivity index (χ3v) is 3.29. The molecule has 0 saturated heterocycles. The van der Waals surface area contributed by atoms with Gasteiger partial charge in [-0.3, -0.25) is 0 Å². The molecule has 0 aliphatic carbocycles. The van der Waals surface area contributed by atoms with E-state index < -0.39 is 0 Å². The smallest absolute Gasteiger partial charge is 0.150 e. The van der Waals surface area contributed by atoms with Gasteiger partial charge in [0.15, 0.2) is 5.65 Å². The molecule has 0 aliphatic heterocycles. The van der Waals surface area contributed by atoms with Crippen LogP contribution in [0.25, 0.3) is 16.9 Å². The van der Waals surface area contributed by atoms with E-state index in [0.29, 0.717) is 5.15 Å². The summed E-state index contributed by atoms with van der Waals surface area (Å²) >= 11 is 6.24. The van der Waals surface area contributed by atoms with E-state index in [2.05, 4.69) is 29.1 Å². The van der Waals surface area contributed by atoms with Gasteiger partial charge < -0.3 is 0 Å². The van der Waals surface area contributed by atoms with Crippen LogP contribution in [0.3, 0.4) is 0 Å². The third-order valence-electron chi connectivity index (χ3n) is 3.03. The lowest BCUT2D eigenvalue weighted by Gasteiger charge is -2.07. The molecule has 0 bridgehead atoms. The summed E-state index contributed by atoms with van der Waals surface area (Å²) in [5.74, 6) is 0. The lowest BCUT2D eigenvalue weighted by molar-refractivity contribution is 0.941. The average molecular weight is 256 g/mol. The summed E-state index contributed by atoms with van der Waals surface area (Å²) in [6.07, 6.45) is 1.77. The van der Waals surface area contributed by atoms with Crippen LogP contribution < -0.4 is 5.46 Å². The lowest BCUT2D eigenvalue weighted by Crippen LogP contribution is -2.04. The standard InChI is InChI=1S/C13H11BClN3/c1-8-4-2-3-5-9(8)11-6-12(15)18-13(17-11)10(14)7-16-18/h2-7H,14H2,1H3. The summed E-state index contributed by atoms with van der Waals surface area (Å²) in [5, 5.41) is 4.77. The Morgan fingerprint density at radius 1 is 1.28 bits per heavy atom. The number of hydrogen-bond donors (Lipinski definition) is 0. The molecule has 0 unspecified atom stereocenters. The van der Waals surface area contributed by atoms with Crippen LogP contribution in [0.4, 0.5) is 0 Å². The maximum atomic E-state index is 6.24. The van der Waals surface area contributed by atoms with Crippen molar-refractivity contribution in [3.63, 3.8) is 0 Å². The first-order chi connectivity index (χ1) is 8.66. The quantitative estimate of drug-likeness (QED) is 0.489. The Kier molecular flexibility index (Phi) is 2.60. The molecule has 3 aromatic rings. The Bertz CT molecular complexity index is 736. The van der Waals surface area contributed by atoms with Gasteiger partial charge in [-0.15, -0.1) is 0 Å². The summed E-state index contributed by atoms with van der Waals surface area (Å²) in [5.41, 5.74) is 4.99. The van der Waals surface area contributed by atoms with E-state index >= 15 is 0 Å². The Labute approximate surface area is 111 Å². The Morgan fingerprint density at radius 3 is 2.83 bits per heavy atom. The van der Waals surface area contributed by atoms with E-state index in [4.69, 9.17) is 11.6 Å². The van der Waals surface area contributed by atoms with Crippen molar-refractivity contribution in [3.8, 4) is 11.3 Å². The number of fused-ring (bicyclic) bond motifs is 1. The van der Waals surface area contributed by atoms with E-state index in [-0.39, 0.29) is 0 Å². The molecule has 18 heavy (non-hydrogen) atoms. The number of hydrogen-bond acceptors (Lipinski definition) is 2. The lowest BCUT2D eigenvalue weighted by atomic mass is 10.0. The topological polar surface area (TPSA) is 30.2 Å². The minimum Gasteiger partial charge on any atom is -0.229 e. The molecule has 1 aromatic carbocycles. The number of halogens is 1. The zero-order valence-electron chi connectivity index (χ0n) is 10.2. The summed E-state index contributed by atoms with van der Waals surface area (Å²) in [6.45, 7) is 2.07. The Hall–Kier alpha value is -1.81. The Balaban J connectivity index is 2.31. The molecule has 5 heteroatoms. The molecule has 0 radical (unpaired) electrons. The fourth-order valence-electron chi connectivity index (χ4n) is 2.03. The zero-order valence-corrected chi connectivity index (χ0v) is 10.9. The fraction of sp³-hybridized carbons (Fsp3) is 0.0769. The molecular formula is C13H11BClN3. The van der Waals surface area contributed by atoms with Crippen LogP contribution in [-0.4, -0.2) is 22.4 Å². The van der Waals surface area contributed by atoms with Gasteiger partial charge in [-0.2, -0.15) is 5.10 Å². The van der Waals surface area contributed by atoms with E-state index in [9.17, 15) is 0 Å². The number of benzene rings is 1. The number of aromatic nitrogens is 3. The predicted molar refractivity (Wildman–Crippen MR) is 76.3 cm³/mol. The SMILES string of the molecule is Bc1cnn2c(Cl)cc(-c3ccccc3C)nc12. The fourth-order valence-corrected chi connectivity index (χ4v) is 2.26. The molecule has 2 heterocycles. The second-order valence-corrected chi connectivity index (χ2v) is 4.73. The van der Waals surface area contributed by atoms with Crippen molar-refractivity contribution in [2.75, 3.05) is 0 Å². The second kappa shape index (κ2) is 4.14. The monoisotopic (exact) mass is 255 g/mol. The predicted octanol–water partition coefficient (Wildman–Crippen LogP) is 1.62. The van der Waals surface area contributed by atoms with Crippen LogP contribution >= 0.6 is 11.6 Å². The highest BCUT2D eigenvalue weighted by atomic mass is 35.5. The van der Waals surface area contributed by atoms with E-state index in [1.165, 1.54) is 5.56 Å². The van der Waals surface area contributed by atoms with Gasteiger partial charge in [0.1, 0.15) is 13.0 Å². The molecular weight excluding hydrogens is 244 g/mol. The van der Waals surface area contributed by atoms with Crippen LogP contribution in [0.2, 0.25) is 5.15 Å². The highest BCUT2D eigenvalue weighted by Crippen LogP contribution is 2.24. The van der Waals surface area contributed by atoms with E-state index in [1.807, 2.05) is 26.0 Å². The summed E-state index contributed by atoms with van der Waals surface area (Å²) in [6, 6.07) is 9.99. The van der Waals surface area contributed by atoms with Gasteiger partial charge in [0.05, 0.1) is 5.69 Å². The van der Waals surface area contributed by atoms with Crippen LogP contribution in [0.15, 0.2) is 36.5 Å². The first-order valence-electron chi connectivity index (χ1n) is 5.73. The first-order valence-corrected chi connectivity index (χ1v) is 6.11. The van der Waals surface area contributed by atoms with Crippen molar-refractivity contribution < 1.29 is 0 Å². The molecule has 2 aromatic heterocycles. The van der Waals surface area contributed by atoms with Gasteiger partial charge in [0, 0.05) is 17.8 Å². The molecule has 3 rings (SSSR count). The number of nitrogens with zero attached hydrogens (tertiary/aromatic N) is 3. The largest absolute Gasteiger partial charge is 0.229 e. The van der Waals surface area contributed by atoms with Crippen molar-refractivity contribution in [1.82, 2.24) is 14.6 Å². The molecule has 3 nitrogen and oxygen atoms in total. The van der Waals surface area contributed by atoms with Gasteiger partial charge in [0.2, 0.25) is 0 Å². The minimum absolute atomic E-state index is 0.575. The van der Waals surface area contributed by atoms with Gasteiger partial charge in [-0.1, -0.05) is 35.9 Å². The van der Waals surface area contributed by atoms with Gasteiger partial charge >= 0.3 is 0 Å². The second-order valence-electron chi connectivity index (χ2n) is 4.34.